The highest BCUT2D eigenvalue weighted by Gasteiger charge is 2.19. The van der Waals surface area contributed by atoms with Gasteiger partial charge in [-0.1, -0.05) is 0 Å². The fourth-order valence-corrected chi connectivity index (χ4v) is 5.72. The fourth-order valence-electron chi connectivity index (χ4n) is 1.35. The number of benzene rings is 1. The lowest BCUT2D eigenvalue weighted by atomic mass is 10.2. The summed E-state index contributed by atoms with van der Waals surface area (Å²) in [5.41, 5.74) is 0.800. The molecule has 0 radical (unpaired) electrons. The first kappa shape index (κ1) is 17.3. The van der Waals surface area contributed by atoms with E-state index in [0.29, 0.717) is 0 Å². The van der Waals surface area contributed by atoms with Crippen molar-refractivity contribution in [1.29, 1.82) is 0 Å². The Hall–Kier alpha value is 0.220. The van der Waals surface area contributed by atoms with E-state index in [4.69, 9.17) is 0 Å². The molecule has 1 aromatic rings. The van der Waals surface area contributed by atoms with Gasteiger partial charge >= 0.3 is 0 Å². The number of aryl methyl sites for hydroxylation is 1. The molecule has 108 valence electrons. The van der Waals surface area contributed by atoms with Gasteiger partial charge in [-0.3, -0.25) is 0 Å². The average molecular weight is 340 g/mol. The van der Waals surface area contributed by atoms with Gasteiger partial charge in [0.05, 0.1) is 4.73 Å². The summed E-state index contributed by atoms with van der Waals surface area (Å²) in [6.07, 6.45) is 1.85. The summed E-state index contributed by atoms with van der Waals surface area (Å²) in [5, 5.41) is 0. The lowest BCUT2D eigenvalue weighted by Crippen LogP contribution is -2.31. The van der Waals surface area contributed by atoms with Crippen molar-refractivity contribution >= 4 is 38.7 Å². The van der Waals surface area contributed by atoms with E-state index in [1.807, 2.05) is 6.26 Å². The van der Waals surface area contributed by atoms with Gasteiger partial charge in [0.1, 0.15) is 0 Å². The predicted octanol–water partition coefficient (Wildman–Crippen LogP) is -0.0800. The van der Waals surface area contributed by atoms with Crippen molar-refractivity contribution in [2.45, 2.75) is 21.4 Å². The van der Waals surface area contributed by atoms with Gasteiger partial charge in [-0.15, -0.1) is 23.5 Å². The molecule has 0 N–H and O–H groups in total. The van der Waals surface area contributed by atoms with Crippen molar-refractivity contribution < 1.29 is 28.7 Å². The summed E-state index contributed by atoms with van der Waals surface area (Å²) in [4.78, 5) is 44.6. The van der Waals surface area contributed by atoms with Crippen molar-refractivity contribution in [3.8, 4) is 0 Å². The predicted molar refractivity (Wildman–Crippen MR) is 67.8 cm³/mol. The molecule has 0 aliphatic rings. The molecule has 0 saturated carbocycles. The van der Waals surface area contributed by atoms with Crippen LogP contribution in [-0.2, 0) is 9.13 Å². The second kappa shape index (κ2) is 6.33. The Morgan fingerprint density at radius 2 is 1.63 bits per heavy atom. The highest BCUT2D eigenvalue weighted by molar-refractivity contribution is 8.11. The van der Waals surface area contributed by atoms with E-state index in [0.717, 1.165) is 10.5 Å². The Morgan fingerprint density at radius 3 is 2.00 bits per heavy atom. The molecule has 0 saturated heterocycles. The van der Waals surface area contributed by atoms with Crippen LogP contribution >= 0.6 is 38.7 Å². The van der Waals surface area contributed by atoms with Crippen LogP contribution in [0.2, 0.25) is 0 Å². The van der Waals surface area contributed by atoms with Gasteiger partial charge in [0.25, 0.3) is 0 Å². The Kier molecular flexibility index (Phi) is 5.75. The summed E-state index contributed by atoms with van der Waals surface area (Å²) in [6.45, 7) is 1.76. The van der Waals surface area contributed by atoms with Crippen LogP contribution in [0.4, 0.5) is 0 Å². The maximum Gasteiger partial charge on any atom is 0.0644 e. The van der Waals surface area contributed by atoms with Crippen molar-refractivity contribution in [2.75, 3.05) is 6.26 Å². The summed E-state index contributed by atoms with van der Waals surface area (Å²) in [5.74, 6) is 0. The minimum atomic E-state index is -5.53. The Labute approximate surface area is 119 Å². The second-order valence-electron chi connectivity index (χ2n) is 3.66. The molecule has 0 spiro atoms. The second-order valence-corrected chi connectivity index (χ2v) is 9.98. The van der Waals surface area contributed by atoms with E-state index in [1.165, 1.54) is 23.9 Å². The summed E-state index contributed by atoms with van der Waals surface area (Å²) >= 11 is 1.72. The van der Waals surface area contributed by atoms with E-state index in [1.54, 1.807) is 13.0 Å². The molecule has 6 nitrogen and oxygen atoms in total. The highest BCUT2D eigenvalue weighted by atomic mass is 32.2. The topological polar surface area (TPSA) is 126 Å². The molecular weight excluding hydrogens is 330 g/mol. The molecule has 0 bridgehead atoms. The first-order chi connectivity index (χ1) is 8.55. The molecular formula is C9H10O6P2S2-4. The van der Waals surface area contributed by atoms with E-state index in [-0.39, 0.29) is 16.7 Å². The molecule has 0 heterocycles. The van der Waals surface area contributed by atoms with Crippen LogP contribution in [0.15, 0.2) is 28.0 Å². The number of hydrogen-bond acceptors (Lipinski definition) is 8. The van der Waals surface area contributed by atoms with E-state index in [9.17, 15) is 28.7 Å². The van der Waals surface area contributed by atoms with Crippen molar-refractivity contribution in [1.82, 2.24) is 0 Å². The molecule has 19 heavy (non-hydrogen) atoms. The molecule has 10 heteroatoms. The zero-order valence-corrected chi connectivity index (χ0v) is 13.4. The SMILES string of the molecule is CSc1ccc(SC(P(=O)([O-])[O-])P(=O)([O-])[O-])cc1C. The molecule has 0 atom stereocenters. The first-order valence-electron chi connectivity index (χ1n) is 4.90. The van der Waals surface area contributed by atoms with Crippen LogP contribution in [0, 0.1) is 6.92 Å². The van der Waals surface area contributed by atoms with Crippen LogP contribution < -0.4 is 19.6 Å². The van der Waals surface area contributed by atoms with E-state index >= 15 is 0 Å². The van der Waals surface area contributed by atoms with Crippen molar-refractivity contribution in [2.24, 2.45) is 0 Å². The zero-order chi connectivity index (χ0) is 14.8. The molecule has 0 fully saturated rings. The smallest absolute Gasteiger partial charge is 0.0644 e. The van der Waals surface area contributed by atoms with E-state index < -0.39 is 19.9 Å². The van der Waals surface area contributed by atoms with Crippen LogP contribution in [0.5, 0.6) is 0 Å². The molecule has 0 amide bonds. The van der Waals surface area contributed by atoms with Crippen LogP contribution in [-0.4, -0.2) is 11.0 Å². The summed E-state index contributed by atoms with van der Waals surface area (Å²) in [6, 6.07) is 4.68. The molecule has 1 rings (SSSR count). The quantitative estimate of drug-likeness (QED) is 0.538. The fraction of sp³-hybridized carbons (Fsp3) is 0.333. The largest absolute Gasteiger partial charge is 0.810 e. The zero-order valence-electron chi connectivity index (χ0n) is 9.97. The molecule has 0 unspecified atom stereocenters. The van der Waals surface area contributed by atoms with Crippen LogP contribution in [0.25, 0.3) is 0 Å². The van der Waals surface area contributed by atoms with Crippen molar-refractivity contribution in [3.05, 3.63) is 23.8 Å². The molecule has 0 aromatic heterocycles. The third kappa shape index (κ3) is 4.92. The minimum absolute atomic E-state index is 0.249. The lowest BCUT2D eigenvalue weighted by molar-refractivity contribution is -0.326. The standard InChI is InChI=1S/C9H14O6P2S2/c1-6-5-7(3-4-8(6)18-2)19-9(16(10,11)12)17(13,14)15/h3-5,9H,1-2H3,(H2,10,11,12)(H2,13,14,15)/p-4. The lowest BCUT2D eigenvalue weighted by Gasteiger charge is -2.48. The van der Waals surface area contributed by atoms with Gasteiger partial charge < -0.3 is 28.7 Å². The minimum Gasteiger partial charge on any atom is -0.810 e. The normalized spacial score (nSPS) is 13.0. The van der Waals surface area contributed by atoms with Crippen LogP contribution in [0.3, 0.4) is 0 Å². The van der Waals surface area contributed by atoms with Gasteiger partial charge in [0, 0.05) is 9.79 Å². The number of hydrogen-bond donors (Lipinski definition) is 0. The first-order valence-corrected chi connectivity index (χ1v) is 10.2. The molecule has 0 aliphatic carbocycles. The number of thioether (sulfide) groups is 2. The number of rotatable bonds is 5. The van der Waals surface area contributed by atoms with Gasteiger partial charge in [0.15, 0.2) is 0 Å². The van der Waals surface area contributed by atoms with Crippen LogP contribution in [0.1, 0.15) is 5.56 Å². The average Bonchev–Trinajstić information content (AvgIpc) is 2.23. The van der Waals surface area contributed by atoms with Gasteiger partial charge in [-0.2, -0.15) is 0 Å². The Balaban J connectivity index is 3.08. The van der Waals surface area contributed by atoms with Gasteiger partial charge in [-0.05, 0) is 52.1 Å². The molecule has 1 aromatic carbocycles. The third-order valence-electron chi connectivity index (χ3n) is 2.15. The molecule has 0 aliphatic heterocycles. The maximum atomic E-state index is 10.9. The third-order valence-corrected chi connectivity index (χ3v) is 8.74. The highest BCUT2D eigenvalue weighted by Crippen LogP contribution is 2.58. The van der Waals surface area contributed by atoms with E-state index in [2.05, 4.69) is 0 Å². The summed E-state index contributed by atoms with van der Waals surface area (Å²) < 4.78 is 19.2. The Bertz CT molecular complexity index is 530. The monoisotopic (exact) mass is 340 g/mol. The van der Waals surface area contributed by atoms with Crippen molar-refractivity contribution in [3.63, 3.8) is 0 Å². The Morgan fingerprint density at radius 1 is 1.11 bits per heavy atom. The summed E-state index contributed by atoms with van der Waals surface area (Å²) in [7, 11) is -11.1. The van der Waals surface area contributed by atoms with Gasteiger partial charge in [-0.25, -0.2) is 0 Å². The maximum absolute atomic E-state index is 10.9. The van der Waals surface area contributed by atoms with Gasteiger partial charge in [0.2, 0.25) is 0 Å².